The minimum Gasteiger partial charge on any atom is -0.340 e. The largest absolute Gasteiger partial charge is 0.340 e. The van der Waals surface area contributed by atoms with Crippen molar-refractivity contribution in [3.63, 3.8) is 0 Å². The first-order chi connectivity index (χ1) is 9.36. The van der Waals surface area contributed by atoms with Crippen LogP contribution >= 0.6 is 23.2 Å². The number of hydrogen-bond acceptors (Lipinski definition) is 5. The van der Waals surface area contributed by atoms with E-state index in [0.717, 1.165) is 6.07 Å². The Balaban J connectivity index is 2.26. The molecule has 8 nitrogen and oxygen atoms in total. The van der Waals surface area contributed by atoms with Gasteiger partial charge in [0, 0.05) is 19.2 Å². The molecule has 0 unspecified atom stereocenters. The monoisotopic (exact) mass is 315 g/mol. The van der Waals surface area contributed by atoms with Gasteiger partial charge in [0.15, 0.2) is 0 Å². The summed E-state index contributed by atoms with van der Waals surface area (Å²) >= 11 is 11.3. The van der Waals surface area contributed by atoms with E-state index in [1.165, 1.54) is 23.9 Å². The summed E-state index contributed by atoms with van der Waals surface area (Å²) in [4.78, 5) is 29.4. The van der Waals surface area contributed by atoms with Crippen LogP contribution < -0.4 is 5.32 Å². The van der Waals surface area contributed by atoms with Crippen molar-refractivity contribution in [2.45, 2.75) is 0 Å². The molecule has 0 atom stereocenters. The van der Waals surface area contributed by atoms with Crippen molar-refractivity contribution in [2.24, 2.45) is 7.05 Å². The highest BCUT2D eigenvalue weighted by atomic mass is 35.5. The Morgan fingerprint density at radius 3 is 2.65 bits per heavy atom. The highest BCUT2D eigenvalue weighted by Crippen LogP contribution is 2.18. The Morgan fingerprint density at radius 1 is 1.40 bits per heavy atom. The molecule has 0 saturated heterocycles. The third kappa shape index (κ3) is 3.03. The molecule has 2 aromatic rings. The molecule has 2 aromatic heterocycles. The highest BCUT2D eigenvalue weighted by Gasteiger charge is 2.18. The van der Waals surface area contributed by atoms with Gasteiger partial charge < -0.3 is 9.88 Å². The Kier molecular flexibility index (Phi) is 3.86. The Bertz CT molecular complexity index is 680. The lowest BCUT2D eigenvalue weighted by Gasteiger charge is -2.05. The summed E-state index contributed by atoms with van der Waals surface area (Å²) in [7, 11) is 1.52. The normalized spacial score (nSPS) is 10.3. The fourth-order valence-corrected chi connectivity index (χ4v) is 1.92. The van der Waals surface area contributed by atoms with Crippen molar-refractivity contribution in [3.05, 3.63) is 44.6 Å². The first kappa shape index (κ1) is 14.2. The summed E-state index contributed by atoms with van der Waals surface area (Å²) in [6.07, 6.45) is 1.23. The van der Waals surface area contributed by atoms with Gasteiger partial charge in [-0.05, 0) is 11.6 Å². The number of hydrogen-bond donors (Lipinski definition) is 1. The Morgan fingerprint density at radius 2 is 2.10 bits per heavy atom. The molecule has 1 amide bonds. The average molecular weight is 316 g/mol. The molecule has 2 rings (SSSR count). The maximum absolute atomic E-state index is 12.0. The molecule has 0 bridgehead atoms. The van der Waals surface area contributed by atoms with Gasteiger partial charge in [0.1, 0.15) is 16.7 Å². The second-order valence-electron chi connectivity index (χ2n) is 3.75. The van der Waals surface area contributed by atoms with Gasteiger partial charge in [-0.15, -0.1) is 0 Å². The summed E-state index contributed by atoms with van der Waals surface area (Å²) in [5, 5.41) is 13.0. The van der Waals surface area contributed by atoms with E-state index in [4.69, 9.17) is 23.2 Å². The lowest BCUT2D eigenvalue weighted by Crippen LogP contribution is -2.16. The summed E-state index contributed by atoms with van der Waals surface area (Å²) in [6.45, 7) is 0. The molecule has 0 aliphatic carbocycles. The van der Waals surface area contributed by atoms with Gasteiger partial charge in [-0.3, -0.25) is 14.9 Å². The van der Waals surface area contributed by atoms with E-state index >= 15 is 0 Å². The van der Waals surface area contributed by atoms with Crippen molar-refractivity contribution in [1.82, 2.24) is 14.5 Å². The van der Waals surface area contributed by atoms with Crippen molar-refractivity contribution in [2.75, 3.05) is 5.32 Å². The number of nitro groups is 1. The molecule has 0 radical (unpaired) electrons. The first-order valence-electron chi connectivity index (χ1n) is 5.19. The number of carbonyl (C=O) groups is 1. The van der Waals surface area contributed by atoms with E-state index in [1.807, 2.05) is 0 Å². The summed E-state index contributed by atoms with van der Waals surface area (Å²) in [5.41, 5.74) is -0.0843. The molecule has 0 spiro atoms. The van der Waals surface area contributed by atoms with Crippen molar-refractivity contribution >= 4 is 40.6 Å². The highest BCUT2D eigenvalue weighted by molar-refractivity contribution is 6.32. The summed E-state index contributed by atoms with van der Waals surface area (Å²) in [6, 6.07) is 2.46. The van der Waals surface area contributed by atoms with Gasteiger partial charge in [-0.25, -0.2) is 9.97 Å². The molecule has 1 N–H and O–H groups in total. The molecule has 104 valence electrons. The van der Waals surface area contributed by atoms with Gasteiger partial charge in [-0.1, -0.05) is 11.6 Å². The van der Waals surface area contributed by atoms with Crippen LogP contribution in [0, 0.1) is 10.1 Å². The number of aryl methyl sites for hydroxylation is 1. The Hall–Kier alpha value is -2.19. The first-order valence-corrected chi connectivity index (χ1v) is 5.94. The number of aromatic nitrogens is 3. The number of halogens is 2. The zero-order valence-corrected chi connectivity index (χ0v) is 11.5. The second kappa shape index (κ2) is 5.43. The summed E-state index contributed by atoms with van der Waals surface area (Å²) in [5.74, 6) is -0.477. The predicted molar refractivity (Wildman–Crippen MR) is 72.1 cm³/mol. The predicted octanol–water partition coefficient (Wildman–Crippen LogP) is 2.28. The minimum atomic E-state index is -0.588. The quantitative estimate of drug-likeness (QED) is 0.405. The van der Waals surface area contributed by atoms with Crippen LogP contribution in [-0.2, 0) is 7.05 Å². The van der Waals surface area contributed by atoms with Gasteiger partial charge in [0.2, 0.25) is 5.28 Å². The molecule has 10 heteroatoms. The smallest absolute Gasteiger partial charge is 0.287 e. The molecular formula is C10H7Cl2N5O3. The molecule has 0 aliphatic rings. The number of nitrogens with one attached hydrogen (secondary N) is 1. The van der Waals surface area contributed by atoms with Crippen LogP contribution in [-0.4, -0.2) is 25.4 Å². The van der Waals surface area contributed by atoms with Crippen molar-refractivity contribution in [1.29, 1.82) is 0 Å². The number of carbonyl (C=O) groups excluding carboxylic acids is 1. The van der Waals surface area contributed by atoms with Crippen LogP contribution in [0.3, 0.4) is 0 Å². The van der Waals surface area contributed by atoms with Crippen molar-refractivity contribution < 1.29 is 9.72 Å². The number of rotatable bonds is 3. The van der Waals surface area contributed by atoms with Crippen LogP contribution in [0.1, 0.15) is 10.5 Å². The minimum absolute atomic E-state index is 0.0677. The molecule has 0 aliphatic heterocycles. The van der Waals surface area contributed by atoms with E-state index in [1.54, 1.807) is 0 Å². The molecular weight excluding hydrogens is 309 g/mol. The van der Waals surface area contributed by atoms with E-state index in [2.05, 4.69) is 15.3 Å². The molecule has 0 fully saturated rings. The van der Waals surface area contributed by atoms with Gasteiger partial charge in [0.25, 0.3) is 11.6 Å². The lowest BCUT2D eigenvalue weighted by molar-refractivity contribution is -0.384. The number of anilines is 1. The van der Waals surface area contributed by atoms with Crippen LogP contribution in [0.4, 0.5) is 11.5 Å². The van der Waals surface area contributed by atoms with Gasteiger partial charge in [0.05, 0.1) is 11.1 Å². The van der Waals surface area contributed by atoms with E-state index in [9.17, 15) is 14.9 Å². The SMILES string of the molecule is Cn1cc([N+](=O)[O-])cc1C(=O)Nc1cc(Cl)nc(Cl)n1. The standard InChI is InChI=1S/C10H7Cl2N5O3/c1-16-4-5(17(19)20)2-6(16)9(18)14-8-3-7(11)13-10(12)15-8/h2-4H,1H3,(H,13,14,15,18). The van der Waals surface area contributed by atoms with Gasteiger partial charge in [-0.2, -0.15) is 0 Å². The van der Waals surface area contributed by atoms with E-state index < -0.39 is 10.8 Å². The zero-order chi connectivity index (χ0) is 14.9. The zero-order valence-electron chi connectivity index (χ0n) is 10.0. The average Bonchev–Trinajstić information content (AvgIpc) is 2.70. The number of nitrogens with zero attached hydrogens (tertiary/aromatic N) is 4. The molecule has 2 heterocycles. The lowest BCUT2D eigenvalue weighted by atomic mass is 10.4. The molecule has 0 aromatic carbocycles. The molecule has 0 saturated carbocycles. The van der Waals surface area contributed by atoms with Crippen LogP contribution in [0.2, 0.25) is 10.4 Å². The number of amides is 1. The summed E-state index contributed by atoms with van der Waals surface area (Å²) < 4.78 is 1.33. The fourth-order valence-electron chi connectivity index (χ4n) is 1.51. The fraction of sp³-hybridized carbons (Fsp3) is 0.100. The van der Waals surface area contributed by atoms with E-state index in [0.29, 0.717) is 0 Å². The van der Waals surface area contributed by atoms with Crippen LogP contribution in [0.5, 0.6) is 0 Å². The second-order valence-corrected chi connectivity index (χ2v) is 4.48. The maximum Gasteiger partial charge on any atom is 0.287 e. The molecule has 20 heavy (non-hydrogen) atoms. The third-order valence-electron chi connectivity index (χ3n) is 2.34. The van der Waals surface area contributed by atoms with Crippen LogP contribution in [0.15, 0.2) is 18.3 Å². The maximum atomic E-state index is 12.0. The Labute approximate surface area is 122 Å². The van der Waals surface area contributed by atoms with Gasteiger partial charge >= 0.3 is 0 Å². The topological polar surface area (TPSA) is 103 Å². The van der Waals surface area contributed by atoms with Crippen LogP contribution in [0.25, 0.3) is 0 Å². The van der Waals surface area contributed by atoms with E-state index in [-0.39, 0.29) is 27.6 Å². The third-order valence-corrected chi connectivity index (χ3v) is 2.71. The van der Waals surface area contributed by atoms with Crippen molar-refractivity contribution in [3.8, 4) is 0 Å².